The first-order valence-electron chi connectivity index (χ1n) is 10.4. The molecule has 6 N–H and O–H groups in total. The van der Waals surface area contributed by atoms with E-state index in [0.717, 1.165) is 57.6 Å². The fourth-order valence-corrected chi connectivity index (χ4v) is 4.11. The van der Waals surface area contributed by atoms with Crippen LogP contribution in [-0.4, -0.2) is 24.8 Å². The molecule has 1 unspecified atom stereocenters. The minimum Gasteiger partial charge on any atom is -0.404 e. The number of pyridine rings is 1. The second-order valence-electron chi connectivity index (χ2n) is 7.66. The van der Waals surface area contributed by atoms with E-state index in [1.807, 2.05) is 19.2 Å². The van der Waals surface area contributed by atoms with E-state index in [0.29, 0.717) is 0 Å². The first-order chi connectivity index (χ1) is 15.1. The molecule has 0 fully saturated rings. The van der Waals surface area contributed by atoms with Crippen LogP contribution in [0, 0.1) is 0 Å². The standard InChI is InChI=1S/C25H28N6/c1-16(27)24-20-9-8-18(19(14-26)15-28-2)13-21(20)22(10-12-30-24)31-23-7-3-5-17-6-4-11-29-25(17)23/h3-9,11,13-15,22,30-31H,10,12,26-27H2,1-2H3/b19-14?,24-16-,28-15?. The summed E-state index contributed by atoms with van der Waals surface area (Å²) in [6.07, 6.45) is 6.08. The van der Waals surface area contributed by atoms with Gasteiger partial charge in [-0.1, -0.05) is 30.3 Å². The van der Waals surface area contributed by atoms with E-state index in [1.54, 1.807) is 19.5 Å². The first-order valence-corrected chi connectivity index (χ1v) is 10.4. The number of hydrogen-bond acceptors (Lipinski definition) is 6. The summed E-state index contributed by atoms with van der Waals surface area (Å²) >= 11 is 0. The van der Waals surface area contributed by atoms with E-state index in [2.05, 4.69) is 63.1 Å². The number of allylic oxidation sites excluding steroid dienone is 2. The summed E-state index contributed by atoms with van der Waals surface area (Å²) < 4.78 is 0. The van der Waals surface area contributed by atoms with Crippen LogP contribution >= 0.6 is 0 Å². The lowest BCUT2D eigenvalue weighted by Crippen LogP contribution is -2.17. The van der Waals surface area contributed by atoms with Crippen molar-refractivity contribution in [1.29, 1.82) is 0 Å². The largest absolute Gasteiger partial charge is 0.404 e. The maximum Gasteiger partial charge on any atom is 0.0933 e. The van der Waals surface area contributed by atoms with Crippen molar-refractivity contribution in [3.8, 4) is 0 Å². The number of fused-ring (bicyclic) bond motifs is 2. The first kappa shape index (κ1) is 20.5. The number of anilines is 1. The molecule has 0 bridgehead atoms. The second kappa shape index (κ2) is 8.92. The van der Waals surface area contributed by atoms with Gasteiger partial charge in [-0.05, 0) is 42.7 Å². The number of para-hydroxylation sites is 1. The van der Waals surface area contributed by atoms with E-state index in [-0.39, 0.29) is 6.04 Å². The molecule has 0 saturated carbocycles. The van der Waals surface area contributed by atoms with Crippen LogP contribution in [0.15, 0.2) is 71.6 Å². The van der Waals surface area contributed by atoms with Gasteiger partial charge in [0.1, 0.15) is 0 Å². The Morgan fingerprint density at radius 2 is 2.06 bits per heavy atom. The van der Waals surface area contributed by atoms with E-state index >= 15 is 0 Å². The quantitative estimate of drug-likeness (QED) is 0.485. The molecule has 0 amide bonds. The molecule has 2 aromatic carbocycles. The third kappa shape index (κ3) is 4.10. The Morgan fingerprint density at radius 1 is 1.23 bits per heavy atom. The van der Waals surface area contributed by atoms with Gasteiger partial charge in [-0.2, -0.15) is 0 Å². The van der Waals surface area contributed by atoms with Gasteiger partial charge < -0.3 is 22.1 Å². The van der Waals surface area contributed by atoms with Gasteiger partial charge in [0, 0.05) is 54.4 Å². The minimum absolute atomic E-state index is 0.0736. The summed E-state index contributed by atoms with van der Waals surface area (Å²) in [6.45, 7) is 2.73. The number of nitrogens with zero attached hydrogens (tertiary/aromatic N) is 2. The molecule has 3 aromatic rings. The number of aromatic nitrogens is 1. The van der Waals surface area contributed by atoms with Gasteiger partial charge in [-0.3, -0.25) is 9.98 Å². The van der Waals surface area contributed by atoms with Gasteiger partial charge in [-0.25, -0.2) is 0 Å². The summed E-state index contributed by atoms with van der Waals surface area (Å²) in [7, 11) is 1.74. The highest BCUT2D eigenvalue weighted by Gasteiger charge is 2.23. The van der Waals surface area contributed by atoms with Crippen LogP contribution < -0.4 is 22.1 Å². The summed E-state index contributed by atoms with van der Waals surface area (Å²) in [5.41, 5.74) is 20.0. The number of nitrogens with one attached hydrogen (secondary N) is 2. The Balaban J connectivity index is 1.84. The van der Waals surface area contributed by atoms with Crippen LogP contribution in [0.2, 0.25) is 0 Å². The molecule has 0 aliphatic carbocycles. The van der Waals surface area contributed by atoms with Crippen molar-refractivity contribution >= 4 is 34.1 Å². The summed E-state index contributed by atoms with van der Waals surface area (Å²) in [4.78, 5) is 8.74. The predicted molar refractivity (Wildman–Crippen MR) is 131 cm³/mol. The highest BCUT2D eigenvalue weighted by molar-refractivity contribution is 6.09. The van der Waals surface area contributed by atoms with Crippen LogP contribution in [0.4, 0.5) is 5.69 Å². The van der Waals surface area contributed by atoms with Crippen LogP contribution in [0.3, 0.4) is 0 Å². The molecule has 1 aliphatic heterocycles. The van der Waals surface area contributed by atoms with Gasteiger partial charge in [0.25, 0.3) is 0 Å². The average Bonchev–Trinajstić information content (AvgIpc) is 2.97. The monoisotopic (exact) mass is 412 g/mol. The molecule has 0 spiro atoms. The normalized spacial score (nSPS) is 18.4. The zero-order valence-corrected chi connectivity index (χ0v) is 17.9. The van der Waals surface area contributed by atoms with Crippen LogP contribution in [0.5, 0.6) is 0 Å². The highest BCUT2D eigenvalue weighted by atomic mass is 15.0. The Hall–Kier alpha value is -3.80. The Kier molecular flexibility index (Phi) is 5.89. The molecule has 2 heterocycles. The minimum atomic E-state index is 0.0736. The molecule has 158 valence electrons. The molecule has 4 rings (SSSR count). The smallest absolute Gasteiger partial charge is 0.0933 e. The number of benzene rings is 2. The van der Waals surface area contributed by atoms with Crippen molar-refractivity contribution in [1.82, 2.24) is 10.3 Å². The topological polar surface area (TPSA) is 101 Å². The van der Waals surface area contributed by atoms with Crippen molar-refractivity contribution in [3.05, 3.63) is 83.3 Å². The zero-order chi connectivity index (χ0) is 21.8. The Bertz CT molecular complexity index is 1180. The van der Waals surface area contributed by atoms with Crippen molar-refractivity contribution < 1.29 is 0 Å². The van der Waals surface area contributed by atoms with Gasteiger partial charge in [0.05, 0.1) is 22.9 Å². The molecular weight excluding hydrogens is 384 g/mol. The van der Waals surface area contributed by atoms with Gasteiger partial charge in [-0.15, -0.1) is 0 Å². The highest BCUT2D eigenvalue weighted by Crippen LogP contribution is 2.35. The summed E-state index contributed by atoms with van der Waals surface area (Å²) in [5, 5.41) is 8.37. The lowest BCUT2D eigenvalue weighted by Gasteiger charge is -2.22. The summed E-state index contributed by atoms with van der Waals surface area (Å²) in [6, 6.07) is 16.7. The maximum atomic E-state index is 6.23. The van der Waals surface area contributed by atoms with Crippen molar-refractivity contribution in [2.24, 2.45) is 16.5 Å². The number of rotatable bonds is 4. The fraction of sp³-hybridized carbons (Fsp3) is 0.200. The molecule has 1 atom stereocenters. The van der Waals surface area contributed by atoms with Gasteiger partial charge in [0.2, 0.25) is 0 Å². The second-order valence-corrected chi connectivity index (χ2v) is 7.66. The third-order valence-corrected chi connectivity index (χ3v) is 5.57. The molecule has 0 saturated heterocycles. The van der Waals surface area contributed by atoms with Gasteiger partial charge >= 0.3 is 0 Å². The van der Waals surface area contributed by atoms with E-state index in [9.17, 15) is 0 Å². The van der Waals surface area contributed by atoms with Crippen molar-refractivity contribution in [2.75, 3.05) is 18.9 Å². The Morgan fingerprint density at radius 3 is 2.84 bits per heavy atom. The lowest BCUT2D eigenvalue weighted by molar-refractivity contribution is 0.683. The molecule has 1 aromatic heterocycles. The van der Waals surface area contributed by atoms with Crippen LogP contribution in [0.1, 0.15) is 36.1 Å². The molecule has 1 aliphatic rings. The van der Waals surface area contributed by atoms with E-state index < -0.39 is 0 Å². The number of nitrogens with two attached hydrogens (primary N) is 2. The fourth-order valence-electron chi connectivity index (χ4n) is 4.11. The molecular formula is C25H28N6. The predicted octanol–water partition coefficient (Wildman–Crippen LogP) is 4.03. The third-order valence-electron chi connectivity index (χ3n) is 5.57. The SMILES string of the molecule is CN=CC(=CN)c1ccc2c(c1)C(Nc1cccc3cccnc13)CCN/C2=C(/C)N. The average molecular weight is 413 g/mol. The molecule has 31 heavy (non-hydrogen) atoms. The van der Waals surface area contributed by atoms with Crippen molar-refractivity contribution in [2.45, 2.75) is 19.4 Å². The van der Waals surface area contributed by atoms with Gasteiger partial charge in [0.15, 0.2) is 0 Å². The lowest BCUT2D eigenvalue weighted by atomic mass is 9.92. The van der Waals surface area contributed by atoms with E-state index in [1.165, 1.54) is 5.56 Å². The maximum absolute atomic E-state index is 6.23. The van der Waals surface area contributed by atoms with Crippen LogP contribution in [0.25, 0.3) is 22.2 Å². The number of hydrogen-bond donors (Lipinski definition) is 4. The molecule has 6 heteroatoms. The van der Waals surface area contributed by atoms with Crippen LogP contribution in [-0.2, 0) is 0 Å². The number of aliphatic imine (C=N–C) groups is 1. The Labute approximate surface area is 182 Å². The molecule has 0 radical (unpaired) electrons. The summed E-state index contributed by atoms with van der Waals surface area (Å²) in [5.74, 6) is 0. The molecule has 6 nitrogen and oxygen atoms in total. The zero-order valence-electron chi connectivity index (χ0n) is 17.9. The van der Waals surface area contributed by atoms with Crippen molar-refractivity contribution in [3.63, 3.8) is 0 Å². The van der Waals surface area contributed by atoms with E-state index in [4.69, 9.17) is 11.5 Å².